The molecule has 0 aliphatic carbocycles. The molecule has 0 radical (unpaired) electrons. The van der Waals surface area contributed by atoms with Gasteiger partial charge in [0.05, 0.1) is 22.4 Å². The highest BCUT2D eigenvalue weighted by atomic mass is 28.3. The molecule has 1 aromatic heterocycles. The number of aromatic nitrogens is 1. The second-order valence-corrected chi connectivity index (χ2v) is 36.4. The Labute approximate surface area is 657 Å². The van der Waals surface area contributed by atoms with Gasteiger partial charge in [0.1, 0.15) is 23.0 Å². The zero-order valence-corrected chi connectivity index (χ0v) is 64.5. The summed E-state index contributed by atoms with van der Waals surface area (Å²) >= 11 is 0. The number of hydrogen-bond acceptors (Lipinski definition) is 4. The Morgan fingerprint density at radius 3 is 1.29 bits per heavy atom. The lowest BCUT2D eigenvalue weighted by Gasteiger charge is -2.47. The summed E-state index contributed by atoms with van der Waals surface area (Å²) in [6, 6.07) is 139. The molecule has 4 aliphatic rings. The molecular formula is C104H79B2N3O2Si. The van der Waals surface area contributed by atoms with Crippen molar-refractivity contribution in [2.75, 3.05) is 9.80 Å². The molecule has 0 bridgehead atoms. The van der Waals surface area contributed by atoms with E-state index in [0.717, 1.165) is 140 Å². The van der Waals surface area contributed by atoms with Gasteiger partial charge in [0.2, 0.25) is 0 Å². The van der Waals surface area contributed by atoms with E-state index in [2.05, 4.69) is 426 Å². The molecule has 21 rings (SSSR count). The first-order valence-corrected chi connectivity index (χ1v) is 41.3. The summed E-state index contributed by atoms with van der Waals surface area (Å²) in [6.07, 6.45) is 0. The van der Waals surface area contributed by atoms with E-state index in [4.69, 9.17) is 9.47 Å². The molecular weight excluding hydrogens is 1370 g/mol. The molecule has 5 heterocycles. The molecule has 16 aromatic carbocycles. The molecule has 4 aliphatic heterocycles. The third kappa shape index (κ3) is 10.5. The van der Waals surface area contributed by atoms with Crippen molar-refractivity contribution in [3.8, 4) is 73.2 Å². The Kier molecular flexibility index (Phi) is 15.6. The quantitative estimate of drug-likeness (QED) is 0.0954. The van der Waals surface area contributed by atoms with Crippen molar-refractivity contribution >= 4 is 131 Å². The summed E-state index contributed by atoms with van der Waals surface area (Å²) in [5.74, 6) is 3.18. The van der Waals surface area contributed by atoms with Crippen LogP contribution < -0.4 is 72.8 Å². The van der Waals surface area contributed by atoms with Crippen LogP contribution in [0.1, 0.15) is 52.7 Å². The van der Waals surface area contributed by atoms with Crippen molar-refractivity contribution in [3.05, 3.63) is 381 Å². The number of fused-ring (bicyclic) bond motifs is 12. The van der Waals surface area contributed by atoms with E-state index in [1.807, 2.05) is 0 Å². The minimum atomic E-state index is -3.05. The fourth-order valence-electron chi connectivity index (χ4n) is 18.9. The Balaban J connectivity index is 0.894. The van der Waals surface area contributed by atoms with Gasteiger partial charge in [-0.3, -0.25) is 0 Å². The van der Waals surface area contributed by atoms with Crippen LogP contribution in [0.25, 0.3) is 72.0 Å². The van der Waals surface area contributed by atoms with Crippen molar-refractivity contribution in [3.63, 3.8) is 0 Å². The number of hydrogen-bond donors (Lipinski definition) is 0. The maximum atomic E-state index is 8.35. The zero-order chi connectivity index (χ0) is 75.1. The smallest absolute Gasteiger partial charge is 0.260 e. The summed E-state index contributed by atoms with van der Waals surface area (Å²) in [5, 5.41) is 7.62. The average molecular weight is 1450 g/mol. The highest BCUT2D eigenvalue weighted by Crippen LogP contribution is 2.53. The van der Waals surface area contributed by atoms with Gasteiger partial charge in [-0.15, -0.1) is 0 Å². The minimum absolute atomic E-state index is 0.194. The van der Waals surface area contributed by atoms with Gasteiger partial charge < -0.3 is 23.8 Å². The third-order valence-electron chi connectivity index (χ3n) is 24.1. The number of rotatable bonds is 11. The molecule has 8 heteroatoms. The first-order valence-electron chi connectivity index (χ1n) is 39.3. The summed E-state index contributed by atoms with van der Waals surface area (Å²) in [4.78, 5) is 5.22. The lowest BCUT2D eigenvalue weighted by Crippen LogP contribution is -2.74. The van der Waals surface area contributed by atoms with Crippen molar-refractivity contribution < 1.29 is 9.47 Å². The van der Waals surface area contributed by atoms with Crippen molar-refractivity contribution in [1.29, 1.82) is 0 Å². The maximum absolute atomic E-state index is 8.35. The predicted octanol–water partition coefficient (Wildman–Crippen LogP) is 20.2. The zero-order valence-electron chi connectivity index (χ0n) is 63.5. The summed E-state index contributed by atoms with van der Waals surface area (Å²) < 4.78 is 19.0. The number of ether oxygens (including phenoxy) is 2. The number of anilines is 6. The topological polar surface area (TPSA) is 29.9 Å². The van der Waals surface area contributed by atoms with Crippen LogP contribution in [0.3, 0.4) is 0 Å². The normalized spacial score (nSPS) is 13.2. The Morgan fingerprint density at radius 2 is 0.723 bits per heavy atom. The number of para-hydroxylation sites is 4. The van der Waals surface area contributed by atoms with E-state index in [1.54, 1.807) is 0 Å². The lowest BCUT2D eigenvalue weighted by atomic mass is 9.30. The molecule has 0 spiro atoms. The second-order valence-electron chi connectivity index (χ2n) is 32.6. The molecule has 5 nitrogen and oxygen atoms in total. The Hall–Kier alpha value is -13.1. The molecule has 0 N–H and O–H groups in total. The van der Waals surface area contributed by atoms with Crippen LogP contribution in [-0.4, -0.2) is 26.1 Å². The number of nitrogens with zero attached hydrogens (tertiary/aromatic N) is 3. The van der Waals surface area contributed by atoms with Crippen molar-refractivity contribution in [2.45, 2.75) is 52.4 Å². The van der Waals surface area contributed by atoms with E-state index in [-0.39, 0.29) is 24.3 Å². The van der Waals surface area contributed by atoms with Crippen LogP contribution in [0.15, 0.2) is 370 Å². The van der Waals surface area contributed by atoms with Gasteiger partial charge in [-0.1, -0.05) is 345 Å². The van der Waals surface area contributed by atoms with Gasteiger partial charge in [-0.25, -0.2) is 0 Å². The number of benzene rings is 16. The van der Waals surface area contributed by atoms with E-state index >= 15 is 0 Å². The monoisotopic (exact) mass is 1450 g/mol. The minimum Gasteiger partial charge on any atom is -0.459 e. The fourth-order valence-corrected chi connectivity index (χ4v) is 23.7. The van der Waals surface area contributed by atoms with Gasteiger partial charge in [0, 0.05) is 73.5 Å². The van der Waals surface area contributed by atoms with Crippen LogP contribution in [0.2, 0.25) is 0 Å². The summed E-state index contributed by atoms with van der Waals surface area (Å²) in [6.45, 7) is 13.4. The van der Waals surface area contributed by atoms with Crippen LogP contribution in [0.4, 0.5) is 34.1 Å². The van der Waals surface area contributed by atoms with E-state index in [9.17, 15) is 0 Å². The van der Waals surface area contributed by atoms with Gasteiger partial charge in [0.25, 0.3) is 13.4 Å². The molecule has 0 atom stereocenters. The van der Waals surface area contributed by atoms with Gasteiger partial charge in [-0.2, -0.15) is 0 Å². The van der Waals surface area contributed by atoms with Crippen LogP contribution in [-0.2, 0) is 10.8 Å². The summed E-state index contributed by atoms with van der Waals surface area (Å²) in [5.41, 5.74) is 27.2. The SMILES string of the molecule is CC(C)(C)c1ccc2c(c1)N(c1ccccc1-c1ccccc1)c1cc(C(C)(C)C)cc3c1B2c1c(cc2c4c1Oc1cc(-n5c6ccccc6c6ccccc65)ccc1B4c1cc(-c4ccccc4)cc(-c4cccc([Si](c5ccccc5)(c5ccccc5)c5ccccc5)c4)c1O2)N3c1ccccc1-c1ccccc1. The van der Waals surface area contributed by atoms with Gasteiger partial charge >= 0.3 is 0 Å². The van der Waals surface area contributed by atoms with Crippen molar-refractivity contribution in [2.24, 2.45) is 0 Å². The highest BCUT2D eigenvalue weighted by Gasteiger charge is 2.52. The Bertz CT molecular complexity index is 6460. The van der Waals surface area contributed by atoms with Gasteiger partial charge in [-0.05, 0) is 152 Å². The molecule has 0 fully saturated rings. The molecule has 0 amide bonds. The molecule has 532 valence electrons. The first kappa shape index (κ1) is 67.0. The molecule has 17 aromatic rings. The van der Waals surface area contributed by atoms with E-state index in [1.165, 1.54) is 53.6 Å². The molecule has 0 saturated carbocycles. The maximum Gasteiger partial charge on any atom is 0.260 e. The fraction of sp³-hybridized carbons (Fsp3) is 0.0769. The lowest BCUT2D eigenvalue weighted by molar-refractivity contribution is 0.468. The molecule has 0 saturated heterocycles. The van der Waals surface area contributed by atoms with Crippen LogP contribution in [0, 0.1) is 0 Å². The Morgan fingerprint density at radius 1 is 0.268 bits per heavy atom. The molecule has 112 heavy (non-hydrogen) atoms. The standard InChI is InChI=1S/C104H79B2N3O2Si/c1-103(2,3)73-56-58-85-92(63-73)108(88-52-29-25-48-80(88)69-36-15-8-16-37-69)93-64-74(104(4,5)6)65-94-98(93)106(85)99-95(109(94)89-53-30-26-49-81(89)70-38-17-9-18-39-70)67-97-100-102(99)110-96-66-75(107-90-54-31-27-50-82(90)83-51-28-32-55-91(83)107)57-59-86(96)105(100)87-62-72(68-34-13-7-14-35-68)61-84(101(87)111-97)71-40-33-47-79(60-71)112(76-41-19-10-20-42-76,77-43-21-11-22-44-77)78-45-23-12-24-46-78/h7-67H,1-6H3. The molecule has 0 unspecified atom stereocenters. The largest absolute Gasteiger partial charge is 0.459 e. The van der Waals surface area contributed by atoms with Crippen LogP contribution in [0.5, 0.6) is 23.0 Å². The summed E-state index contributed by atoms with van der Waals surface area (Å²) in [7, 11) is -3.05. The van der Waals surface area contributed by atoms with E-state index in [0.29, 0.717) is 0 Å². The van der Waals surface area contributed by atoms with Crippen LogP contribution >= 0.6 is 0 Å². The average Bonchev–Trinajstić information content (AvgIpc) is 0.731. The van der Waals surface area contributed by atoms with Crippen molar-refractivity contribution in [1.82, 2.24) is 4.57 Å². The highest BCUT2D eigenvalue weighted by molar-refractivity contribution is 7.20. The van der Waals surface area contributed by atoms with E-state index < -0.39 is 8.07 Å². The van der Waals surface area contributed by atoms with Gasteiger partial charge in [0.15, 0.2) is 8.07 Å². The third-order valence-corrected chi connectivity index (χ3v) is 28.9. The first-order chi connectivity index (χ1) is 54.8. The predicted molar refractivity (Wildman–Crippen MR) is 475 cm³/mol. The second kappa shape index (κ2) is 26.0.